The van der Waals surface area contributed by atoms with E-state index in [1.807, 2.05) is 107 Å². The molecule has 0 spiro atoms. The summed E-state index contributed by atoms with van der Waals surface area (Å²) >= 11 is 0. The maximum absolute atomic E-state index is 13.7. The second-order valence-corrected chi connectivity index (χ2v) is 12.1. The van der Waals surface area contributed by atoms with Crippen LogP contribution in [0.15, 0.2) is 78.9 Å². The normalized spacial score (nSPS) is 15.6. The Morgan fingerprint density at radius 1 is 0.889 bits per heavy atom. The van der Waals surface area contributed by atoms with Gasteiger partial charge in [-0.25, -0.2) is 4.79 Å². The molecule has 1 saturated heterocycles. The summed E-state index contributed by atoms with van der Waals surface area (Å²) in [6, 6.07) is 23.3. The molecule has 1 fully saturated rings. The number of benzene rings is 3. The molecule has 0 aromatic heterocycles. The maximum Gasteiger partial charge on any atom is 0.410 e. The third kappa shape index (κ3) is 9.56. The molecule has 0 bridgehead atoms. The minimum atomic E-state index is -1.00. The van der Waals surface area contributed by atoms with E-state index < -0.39 is 30.3 Å². The predicted octanol–water partition coefficient (Wildman–Crippen LogP) is 4.37. The molecule has 1 heterocycles. The van der Waals surface area contributed by atoms with Gasteiger partial charge in [0, 0.05) is 6.04 Å². The predicted molar refractivity (Wildman–Crippen MR) is 173 cm³/mol. The number of aliphatic hydroxyl groups excluding tert-OH is 1. The third-order valence-corrected chi connectivity index (χ3v) is 8.09. The van der Waals surface area contributed by atoms with Crippen molar-refractivity contribution in [3.63, 3.8) is 0 Å². The number of para-hydroxylation sites is 1. The van der Waals surface area contributed by atoms with Gasteiger partial charge in [0.2, 0.25) is 5.91 Å². The largest absolute Gasteiger partial charge is 0.483 e. The summed E-state index contributed by atoms with van der Waals surface area (Å²) in [5, 5.41) is 17.8. The topological polar surface area (TPSA) is 117 Å². The van der Waals surface area contributed by atoms with Crippen LogP contribution in [0.5, 0.6) is 5.75 Å². The molecule has 0 saturated carbocycles. The number of cyclic esters (lactones) is 1. The summed E-state index contributed by atoms with van der Waals surface area (Å²) in [6.45, 7) is 8.03. The first-order valence-corrected chi connectivity index (χ1v) is 15.6. The Balaban J connectivity index is 1.52. The SMILES string of the molecule is Cc1cccc(C)c1OCC(=O)N[C@@H](Cc1ccccc1)[C@@H](O)C[C@H](Cc1ccccc1)NC(=O)[C@H](C(C)C)N1CCOC1=O. The molecule has 0 radical (unpaired) electrons. The molecule has 240 valence electrons. The van der Waals surface area contributed by atoms with E-state index in [-0.39, 0.29) is 37.4 Å². The van der Waals surface area contributed by atoms with Gasteiger partial charge >= 0.3 is 6.09 Å². The highest BCUT2D eigenvalue weighted by Gasteiger charge is 2.37. The maximum atomic E-state index is 13.7. The van der Waals surface area contributed by atoms with Gasteiger partial charge in [0.15, 0.2) is 6.61 Å². The van der Waals surface area contributed by atoms with Crippen LogP contribution in [0, 0.1) is 19.8 Å². The van der Waals surface area contributed by atoms with Crippen molar-refractivity contribution in [1.29, 1.82) is 0 Å². The number of carbonyl (C=O) groups is 3. The first-order chi connectivity index (χ1) is 21.6. The molecule has 9 nitrogen and oxygen atoms in total. The summed E-state index contributed by atoms with van der Waals surface area (Å²) in [6.07, 6.45) is -0.488. The fraction of sp³-hybridized carbons (Fsp3) is 0.417. The van der Waals surface area contributed by atoms with E-state index in [4.69, 9.17) is 9.47 Å². The molecule has 0 unspecified atom stereocenters. The molecule has 0 aliphatic carbocycles. The lowest BCUT2D eigenvalue weighted by molar-refractivity contribution is -0.128. The van der Waals surface area contributed by atoms with Crippen LogP contribution in [0.3, 0.4) is 0 Å². The Bertz CT molecular complexity index is 1390. The molecular weight excluding hydrogens is 570 g/mol. The number of ether oxygens (including phenoxy) is 2. The second-order valence-electron chi connectivity index (χ2n) is 12.1. The number of nitrogens with zero attached hydrogens (tertiary/aromatic N) is 1. The van der Waals surface area contributed by atoms with Gasteiger partial charge in [-0.15, -0.1) is 0 Å². The lowest BCUT2D eigenvalue weighted by Crippen LogP contribution is -2.54. The fourth-order valence-corrected chi connectivity index (χ4v) is 5.86. The molecule has 4 atom stereocenters. The van der Waals surface area contributed by atoms with Gasteiger partial charge in [0.05, 0.1) is 18.7 Å². The Morgan fingerprint density at radius 3 is 2.04 bits per heavy atom. The van der Waals surface area contributed by atoms with E-state index in [1.54, 1.807) is 0 Å². The van der Waals surface area contributed by atoms with Crippen LogP contribution in [0.25, 0.3) is 0 Å². The Kier molecular flexibility index (Phi) is 12.0. The van der Waals surface area contributed by atoms with Crippen LogP contribution < -0.4 is 15.4 Å². The number of rotatable bonds is 15. The van der Waals surface area contributed by atoms with Crippen LogP contribution in [-0.2, 0) is 27.2 Å². The molecule has 1 aliphatic rings. The van der Waals surface area contributed by atoms with Crippen molar-refractivity contribution in [2.24, 2.45) is 5.92 Å². The van der Waals surface area contributed by atoms with Crippen LogP contribution in [0.1, 0.15) is 42.5 Å². The van der Waals surface area contributed by atoms with Crippen LogP contribution in [0.4, 0.5) is 4.79 Å². The van der Waals surface area contributed by atoms with Crippen molar-refractivity contribution >= 4 is 17.9 Å². The summed E-state index contributed by atoms with van der Waals surface area (Å²) in [4.78, 5) is 40.7. The molecule has 3 aromatic rings. The van der Waals surface area contributed by atoms with Crippen LogP contribution in [0.2, 0.25) is 0 Å². The Labute approximate surface area is 265 Å². The summed E-state index contributed by atoms with van der Waals surface area (Å²) in [5.74, 6) is -0.142. The summed E-state index contributed by atoms with van der Waals surface area (Å²) in [7, 11) is 0. The lowest BCUT2D eigenvalue weighted by Gasteiger charge is -2.32. The second kappa shape index (κ2) is 16.1. The standard InChI is InChI=1S/C36H45N3O6/c1-24(2)33(39-18-19-44-36(39)43)35(42)37-29(20-27-14-7-5-8-15-27)22-31(40)30(21-28-16-9-6-10-17-28)38-32(41)23-45-34-25(3)12-11-13-26(34)4/h5-17,24,29-31,33,40H,18-23H2,1-4H3,(H,37,42)(H,38,41)/t29-,30-,31-,33-/m0/s1. The molecule has 3 aromatic carbocycles. The van der Waals surface area contributed by atoms with E-state index in [1.165, 1.54) is 4.90 Å². The highest BCUT2D eigenvalue weighted by molar-refractivity contribution is 5.86. The molecule has 45 heavy (non-hydrogen) atoms. The molecule has 3 amide bonds. The summed E-state index contributed by atoms with van der Waals surface area (Å²) < 4.78 is 11.0. The van der Waals surface area contributed by atoms with Gasteiger partial charge < -0.3 is 25.2 Å². The van der Waals surface area contributed by atoms with Gasteiger partial charge in [-0.2, -0.15) is 0 Å². The number of hydrogen-bond acceptors (Lipinski definition) is 6. The molecule has 3 N–H and O–H groups in total. The van der Waals surface area contributed by atoms with Crippen LogP contribution in [-0.4, -0.2) is 71.9 Å². The fourth-order valence-electron chi connectivity index (χ4n) is 5.86. The zero-order chi connectivity index (χ0) is 32.3. The summed E-state index contributed by atoms with van der Waals surface area (Å²) in [5.41, 5.74) is 3.81. The van der Waals surface area contributed by atoms with Crippen molar-refractivity contribution in [2.75, 3.05) is 19.8 Å². The zero-order valence-corrected chi connectivity index (χ0v) is 26.6. The minimum Gasteiger partial charge on any atom is -0.483 e. The average molecular weight is 616 g/mol. The first kappa shape index (κ1) is 33.5. The first-order valence-electron chi connectivity index (χ1n) is 15.6. The van der Waals surface area contributed by atoms with Crippen molar-refractivity contribution in [3.8, 4) is 5.75 Å². The number of hydrogen-bond donors (Lipinski definition) is 3. The zero-order valence-electron chi connectivity index (χ0n) is 26.6. The van der Waals surface area contributed by atoms with Gasteiger partial charge in [-0.05, 0) is 61.3 Å². The van der Waals surface area contributed by atoms with Crippen molar-refractivity contribution in [2.45, 2.75) is 71.2 Å². The number of carbonyl (C=O) groups excluding carboxylic acids is 3. The van der Waals surface area contributed by atoms with E-state index in [0.717, 1.165) is 22.3 Å². The number of aryl methyl sites for hydroxylation is 2. The van der Waals surface area contributed by atoms with Crippen molar-refractivity contribution in [3.05, 3.63) is 101 Å². The highest BCUT2D eigenvalue weighted by atomic mass is 16.6. The van der Waals surface area contributed by atoms with Gasteiger partial charge in [0.1, 0.15) is 18.4 Å². The van der Waals surface area contributed by atoms with E-state index in [2.05, 4.69) is 10.6 Å². The lowest BCUT2D eigenvalue weighted by atomic mass is 9.93. The van der Waals surface area contributed by atoms with E-state index in [0.29, 0.717) is 25.1 Å². The number of nitrogens with one attached hydrogen (secondary N) is 2. The van der Waals surface area contributed by atoms with Gasteiger partial charge in [-0.1, -0.05) is 92.7 Å². The molecular formula is C36H45N3O6. The van der Waals surface area contributed by atoms with E-state index in [9.17, 15) is 19.5 Å². The quantitative estimate of drug-likeness (QED) is 0.234. The minimum absolute atomic E-state index is 0.153. The van der Waals surface area contributed by atoms with Gasteiger partial charge in [-0.3, -0.25) is 14.5 Å². The third-order valence-electron chi connectivity index (χ3n) is 8.09. The van der Waals surface area contributed by atoms with E-state index >= 15 is 0 Å². The highest BCUT2D eigenvalue weighted by Crippen LogP contribution is 2.22. The molecule has 9 heteroatoms. The number of aliphatic hydroxyl groups is 1. The van der Waals surface area contributed by atoms with Crippen molar-refractivity contribution in [1.82, 2.24) is 15.5 Å². The Hall–Kier alpha value is -4.37. The Morgan fingerprint density at radius 2 is 1.49 bits per heavy atom. The van der Waals surface area contributed by atoms with Crippen molar-refractivity contribution < 1.29 is 29.0 Å². The van der Waals surface area contributed by atoms with Crippen LogP contribution >= 0.6 is 0 Å². The molecule has 1 aliphatic heterocycles. The number of amides is 3. The van der Waals surface area contributed by atoms with Gasteiger partial charge in [0.25, 0.3) is 5.91 Å². The smallest absolute Gasteiger partial charge is 0.410 e. The monoisotopic (exact) mass is 615 g/mol. The average Bonchev–Trinajstić information content (AvgIpc) is 3.42. The molecule has 4 rings (SSSR count).